The molecule has 1 heteroatoms. The molecule has 1 aliphatic carbocycles. The third kappa shape index (κ3) is 5.56. The first-order valence-electron chi connectivity index (χ1n) is 7.00. The van der Waals surface area contributed by atoms with E-state index in [1.165, 1.54) is 51.4 Å². The Kier molecular flexibility index (Phi) is 7.34. The van der Waals surface area contributed by atoms with E-state index in [1.807, 2.05) is 0 Å². The molecule has 0 N–H and O–H groups in total. The molecule has 0 radical (unpaired) electrons. The van der Waals surface area contributed by atoms with Gasteiger partial charge in [-0.05, 0) is 26.3 Å². The second-order valence-corrected chi connectivity index (χ2v) is 5.02. The van der Waals surface area contributed by atoms with Crippen molar-refractivity contribution < 1.29 is 0 Å². The number of rotatable bonds is 5. The summed E-state index contributed by atoms with van der Waals surface area (Å²) >= 11 is 0. The molecule has 92 valence electrons. The van der Waals surface area contributed by atoms with Gasteiger partial charge in [0.05, 0.1) is 6.54 Å². The fourth-order valence-corrected chi connectivity index (χ4v) is 2.38. The number of unbranched alkanes of at least 4 members (excludes halogenated alkanes) is 3. The summed E-state index contributed by atoms with van der Waals surface area (Å²) in [5.41, 5.74) is 0. The van der Waals surface area contributed by atoms with Gasteiger partial charge in [-0.3, -0.25) is 4.90 Å². The Labute approximate surface area is 102 Å². The second kappa shape index (κ2) is 8.65. The van der Waals surface area contributed by atoms with E-state index < -0.39 is 0 Å². The molecule has 0 aromatic rings. The molecule has 1 aliphatic rings. The molecule has 1 fully saturated rings. The van der Waals surface area contributed by atoms with E-state index in [0.29, 0.717) is 0 Å². The summed E-state index contributed by atoms with van der Waals surface area (Å²) in [4.78, 5) is 2.45. The van der Waals surface area contributed by atoms with Crippen molar-refractivity contribution >= 4 is 0 Å². The highest BCUT2D eigenvalue weighted by atomic mass is 15.1. The van der Waals surface area contributed by atoms with Crippen LogP contribution in [-0.2, 0) is 0 Å². The van der Waals surface area contributed by atoms with Gasteiger partial charge in [0, 0.05) is 12.5 Å². The minimum atomic E-state index is 0.804. The first kappa shape index (κ1) is 13.6. The molecule has 16 heavy (non-hydrogen) atoms. The predicted octanol–water partition coefficient (Wildman–Crippen LogP) is 3.83. The lowest BCUT2D eigenvalue weighted by Crippen LogP contribution is -2.33. The molecule has 0 atom stereocenters. The Bertz CT molecular complexity index is 217. The van der Waals surface area contributed by atoms with Crippen LogP contribution in [0.4, 0.5) is 0 Å². The summed E-state index contributed by atoms with van der Waals surface area (Å²) in [6, 6.07) is 0.804. The van der Waals surface area contributed by atoms with Crippen LogP contribution in [0, 0.1) is 11.8 Å². The molecular weight excluding hydrogens is 194 g/mol. The highest BCUT2D eigenvalue weighted by Gasteiger charge is 2.16. The molecule has 0 bridgehead atoms. The molecule has 1 nitrogen and oxygen atoms in total. The predicted molar refractivity (Wildman–Crippen MR) is 71.4 cm³/mol. The minimum Gasteiger partial charge on any atom is -0.292 e. The van der Waals surface area contributed by atoms with Crippen molar-refractivity contribution in [3.63, 3.8) is 0 Å². The largest absolute Gasteiger partial charge is 0.292 e. The average Bonchev–Trinajstić information content (AvgIpc) is 2.34. The zero-order chi connectivity index (χ0) is 11.6. The van der Waals surface area contributed by atoms with Crippen molar-refractivity contribution in [2.45, 2.75) is 70.8 Å². The van der Waals surface area contributed by atoms with E-state index in [2.05, 4.69) is 30.7 Å². The first-order valence-corrected chi connectivity index (χ1v) is 7.00. The summed E-state index contributed by atoms with van der Waals surface area (Å²) in [6.07, 6.45) is 12.0. The second-order valence-electron chi connectivity index (χ2n) is 5.02. The lowest BCUT2D eigenvalue weighted by molar-refractivity contribution is 0.212. The fourth-order valence-electron chi connectivity index (χ4n) is 2.38. The highest BCUT2D eigenvalue weighted by Crippen LogP contribution is 2.21. The standard InChI is InChI=1S/C15H27N/c1-3-4-5-6-7-11-14-16(2)15-12-9-8-10-13-15/h15H,3-6,8-10,12-14H2,1-2H3. The highest BCUT2D eigenvalue weighted by molar-refractivity contribution is 5.01. The summed E-state index contributed by atoms with van der Waals surface area (Å²) in [6.45, 7) is 3.21. The van der Waals surface area contributed by atoms with Gasteiger partial charge in [0.25, 0.3) is 0 Å². The molecule has 0 unspecified atom stereocenters. The number of nitrogens with zero attached hydrogens (tertiary/aromatic N) is 1. The summed E-state index contributed by atoms with van der Waals surface area (Å²) in [5, 5.41) is 0. The van der Waals surface area contributed by atoms with Crippen molar-refractivity contribution in [1.29, 1.82) is 0 Å². The van der Waals surface area contributed by atoms with E-state index >= 15 is 0 Å². The van der Waals surface area contributed by atoms with Crippen LogP contribution in [0.25, 0.3) is 0 Å². The first-order chi connectivity index (χ1) is 7.84. The maximum absolute atomic E-state index is 3.32. The van der Waals surface area contributed by atoms with Gasteiger partial charge in [-0.2, -0.15) is 0 Å². The van der Waals surface area contributed by atoms with Crippen LogP contribution >= 0.6 is 0 Å². The molecule has 0 aliphatic heterocycles. The van der Waals surface area contributed by atoms with Crippen molar-refractivity contribution in [3.8, 4) is 11.8 Å². The average molecular weight is 221 g/mol. The molecule has 0 heterocycles. The fraction of sp³-hybridized carbons (Fsp3) is 0.867. The van der Waals surface area contributed by atoms with E-state index in [0.717, 1.165) is 19.0 Å². The number of hydrogen-bond acceptors (Lipinski definition) is 1. The van der Waals surface area contributed by atoms with E-state index in [-0.39, 0.29) is 0 Å². The van der Waals surface area contributed by atoms with Crippen molar-refractivity contribution in [2.24, 2.45) is 0 Å². The zero-order valence-electron chi connectivity index (χ0n) is 11.1. The minimum absolute atomic E-state index is 0.804. The van der Waals surface area contributed by atoms with Crippen LogP contribution in [0.15, 0.2) is 0 Å². The van der Waals surface area contributed by atoms with E-state index in [9.17, 15) is 0 Å². The molecule has 0 saturated heterocycles. The maximum Gasteiger partial charge on any atom is 0.0601 e. The van der Waals surface area contributed by atoms with E-state index in [1.54, 1.807) is 0 Å². The third-order valence-corrected chi connectivity index (χ3v) is 3.56. The van der Waals surface area contributed by atoms with Gasteiger partial charge in [0.15, 0.2) is 0 Å². The zero-order valence-corrected chi connectivity index (χ0v) is 11.1. The summed E-state index contributed by atoms with van der Waals surface area (Å²) < 4.78 is 0. The van der Waals surface area contributed by atoms with Crippen LogP contribution < -0.4 is 0 Å². The number of hydrogen-bond donors (Lipinski definition) is 0. The van der Waals surface area contributed by atoms with Gasteiger partial charge < -0.3 is 0 Å². The van der Waals surface area contributed by atoms with Crippen LogP contribution in [0.2, 0.25) is 0 Å². The third-order valence-electron chi connectivity index (χ3n) is 3.56. The Hall–Kier alpha value is -0.480. The SMILES string of the molecule is CCCCCC#CCN(C)C1CCCCC1. The molecule has 1 rings (SSSR count). The van der Waals surface area contributed by atoms with E-state index in [4.69, 9.17) is 0 Å². The Morgan fingerprint density at radius 3 is 2.50 bits per heavy atom. The smallest absolute Gasteiger partial charge is 0.0601 e. The van der Waals surface area contributed by atoms with Gasteiger partial charge in [0.2, 0.25) is 0 Å². The van der Waals surface area contributed by atoms with Gasteiger partial charge in [-0.1, -0.05) is 44.9 Å². The topological polar surface area (TPSA) is 3.24 Å². The maximum atomic E-state index is 3.32. The van der Waals surface area contributed by atoms with Gasteiger partial charge in [-0.25, -0.2) is 0 Å². The van der Waals surface area contributed by atoms with Crippen LogP contribution in [-0.4, -0.2) is 24.5 Å². The van der Waals surface area contributed by atoms with Gasteiger partial charge in [-0.15, -0.1) is 5.92 Å². The Balaban J connectivity index is 2.10. The normalized spacial score (nSPS) is 17.2. The Morgan fingerprint density at radius 2 is 1.81 bits per heavy atom. The quantitative estimate of drug-likeness (QED) is 0.504. The molecule has 0 amide bonds. The van der Waals surface area contributed by atoms with Crippen molar-refractivity contribution in [1.82, 2.24) is 4.90 Å². The van der Waals surface area contributed by atoms with Crippen molar-refractivity contribution in [2.75, 3.05) is 13.6 Å². The summed E-state index contributed by atoms with van der Waals surface area (Å²) in [5.74, 6) is 6.62. The molecule has 0 spiro atoms. The van der Waals surface area contributed by atoms with Crippen LogP contribution in [0.5, 0.6) is 0 Å². The van der Waals surface area contributed by atoms with Crippen LogP contribution in [0.1, 0.15) is 64.7 Å². The van der Waals surface area contributed by atoms with Gasteiger partial charge >= 0.3 is 0 Å². The molecular formula is C15H27N. The monoisotopic (exact) mass is 221 g/mol. The van der Waals surface area contributed by atoms with Gasteiger partial charge in [0.1, 0.15) is 0 Å². The molecule has 0 aromatic heterocycles. The Morgan fingerprint density at radius 1 is 1.06 bits per heavy atom. The van der Waals surface area contributed by atoms with Crippen molar-refractivity contribution in [3.05, 3.63) is 0 Å². The molecule has 1 saturated carbocycles. The summed E-state index contributed by atoms with van der Waals surface area (Å²) in [7, 11) is 2.23. The molecule has 0 aromatic carbocycles. The van der Waals surface area contributed by atoms with Crippen LogP contribution in [0.3, 0.4) is 0 Å². The lowest BCUT2D eigenvalue weighted by Gasteiger charge is -2.29. The lowest BCUT2D eigenvalue weighted by atomic mass is 9.94.